The lowest BCUT2D eigenvalue weighted by atomic mass is 9.54. The van der Waals surface area contributed by atoms with Gasteiger partial charge in [-0.3, -0.25) is 4.79 Å². The van der Waals surface area contributed by atoms with Crippen molar-refractivity contribution >= 4 is 17.4 Å². The van der Waals surface area contributed by atoms with Crippen LogP contribution in [0.25, 0.3) is 0 Å². The van der Waals surface area contributed by atoms with Gasteiger partial charge in [-0.1, -0.05) is 175 Å². The Kier molecular flexibility index (Phi) is 30.2. The third kappa shape index (κ3) is 22.0. The first-order chi connectivity index (χ1) is 46.7. The van der Waals surface area contributed by atoms with Gasteiger partial charge in [-0.15, -0.1) is 0 Å². The number of halogens is 1. The summed E-state index contributed by atoms with van der Waals surface area (Å²) in [5.41, 5.74) is 10.7. The standard InChI is InChI=1S/C20H23N.C19H23NO3.C17H21NO.C13H18ClNO.C13H19NO3/c1-21-14-6-12-20-13-11-15(16-7-2-4-9-18(16)20)17-8-3-5-10-19(17)20;1-2-21-16-10-6-7-11-17(16)23-19(15-8-4-3-5-9-15)18-14-20-12-13-22-18;1-14-8-6-7-11-16(14)19-17(12-13-18-2)15-9-4-3-5-10-15;1-9(15-13(2,3)4)12(16)10-6-5-7-11(14)8-10;1-2-15-12-5-3-4-6-13(12)17-10-11-9-14-7-8-16-11/h2-5,7-10,15,21H,6,11-14H2,1H3;3-11,18-20H,2,12-14H2,1H3;3-11,17-18H,12-13H2,1-2H3;5-9,15H,1-4H3;3-6,11,14H,2,7-10H2,1H3/t;18-,19-;17-;;/m.11../s1. The fourth-order valence-electron chi connectivity index (χ4n) is 12.9. The highest BCUT2D eigenvalue weighted by Gasteiger charge is 2.47. The highest BCUT2D eigenvalue weighted by molar-refractivity contribution is 6.31. The van der Waals surface area contributed by atoms with E-state index in [-0.39, 0.29) is 47.2 Å². The van der Waals surface area contributed by atoms with Crippen molar-refractivity contribution in [2.45, 2.75) is 128 Å². The second kappa shape index (κ2) is 39.0. The number of morpholine rings is 2. The number of rotatable bonds is 24. The molecule has 5 aliphatic rings. The van der Waals surface area contributed by atoms with Gasteiger partial charge in [0.05, 0.1) is 32.5 Å². The molecule has 0 spiro atoms. The van der Waals surface area contributed by atoms with E-state index in [1.807, 2.05) is 140 Å². The summed E-state index contributed by atoms with van der Waals surface area (Å²) in [5, 5.41) is 17.0. The summed E-state index contributed by atoms with van der Waals surface area (Å²) in [7, 11) is 4.02. The zero-order valence-electron chi connectivity index (χ0n) is 58.1. The third-order valence-corrected chi connectivity index (χ3v) is 17.6. The number of benzene rings is 8. The van der Waals surface area contributed by atoms with E-state index in [9.17, 15) is 4.79 Å². The van der Waals surface area contributed by atoms with Crippen LogP contribution in [-0.2, 0) is 14.9 Å². The van der Waals surface area contributed by atoms with Crippen molar-refractivity contribution in [2.24, 2.45) is 0 Å². The molecule has 3 aliphatic carbocycles. The van der Waals surface area contributed by atoms with Crippen molar-refractivity contribution in [1.82, 2.24) is 26.6 Å². The number of nitrogens with one attached hydrogen (secondary N) is 5. The molecule has 5 N–H and O–H groups in total. The van der Waals surface area contributed by atoms with Gasteiger partial charge in [-0.2, -0.15) is 0 Å². The summed E-state index contributed by atoms with van der Waals surface area (Å²) < 4.78 is 41.0. The second-order valence-corrected chi connectivity index (χ2v) is 26.0. The summed E-state index contributed by atoms with van der Waals surface area (Å²) in [4.78, 5) is 12.1. The lowest BCUT2D eigenvalue weighted by Crippen LogP contribution is -2.46. The maximum absolute atomic E-state index is 12.1. The molecule has 0 radical (unpaired) electrons. The van der Waals surface area contributed by atoms with Crippen LogP contribution in [0.3, 0.4) is 0 Å². The summed E-state index contributed by atoms with van der Waals surface area (Å²) >= 11 is 5.85. The SMILES string of the molecule is CC(NC(C)(C)C)C(=O)c1cccc(Cl)c1.CCOc1ccccc1OCC1CNCCO1.CCOc1ccccc1O[C@H](c1ccccc1)[C@H]1CNCCO1.CNCCCC12CCC(c3ccccc31)c1ccccc12.CNCC[C@@H](Oc1ccccc1C)c1ccccc1. The van der Waals surface area contributed by atoms with Crippen LogP contribution in [0.4, 0.5) is 0 Å². The van der Waals surface area contributed by atoms with Crippen LogP contribution in [0.2, 0.25) is 5.02 Å². The van der Waals surface area contributed by atoms with Gasteiger partial charge >= 0.3 is 0 Å². The van der Waals surface area contributed by atoms with Gasteiger partial charge < -0.3 is 59.7 Å². The minimum Gasteiger partial charge on any atom is -0.490 e. The molecule has 512 valence electrons. The van der Waals surface area contributed by atoms with Crippen LogP contribution in [0.5, 0.6) is 28.7 Å². The Hall–Kier alpha value is -7.56. The maximum Gasteiger partial charge on any atom is 0.179 e. The molecular weight excluding hydrogens is 1220 g/mol. The number of Topliss-reactive ketones (excluding diaryl/α,β-unsaturated/α-hetero) is 1. The minimum atomic E-state index is -0.210. The molecule has 13 nitrogen and oxygen atoms in total. The van der Waals surface area contributed by atoms with Crippen molar-refractivity contribution in [3.8, 4) is 28.7 Å². The van der Waals surface area contributed by atoms with Crippen molar-refractivity contribution in [3.05, 3.63) is 256 Å². The quantitative estimate of drug-likeness (QED) is 0.0290. The van der Waals surface area contributed by atoms with Crippen molar-refractivity contribution < 1.29 is 38.0 Å². The number of carbonyl (C=O) groups is 1. The van der Waals surface area contributed by atoms with Gasteiger partial charge in [-0.25, -0.2) is 0 Å². The lowest BCUT2D eigenvalue weighted by molar-refractivity contribution is -0.0439. The Morgan fingerprint density at radius 1 is 0.615 bits per heavy atom. The van der Waals surface area contributed by atoms with Crippen LogP contribution >= 0.6 is 11.6 Å². The number of hydrogen-bond donors (Lipinski definition) is 5. The molecule has 2 unspecified atom stereocenters. The van der Waals surface area contributed by atoms with Crippen LogP contribution < -0.4 is 50.3 Å². The predicted molar refractivity (Wildman–Crippen MR) is 391 cm³/mol. The molecule has 13 rings (SSSR count). The molecule has 0 saturated carbocycles. The molecule has 2 heterocycles. The fourth-order valence-corrected chi connectivity index (χ4v) is 13.1. The molecule has 2 saturated heterocycles. The maximum atomic E-state index is 12.1. The largest absolute Gasteiger partial charge is 0.490 e. The van der Waals surface area contributed by atoms with Crippen LogP contribution in [0, 0.1) is 6.92 Å². The normalized spacial score (nSPS) is 18.3. The molecule has 0 aromatic heterocycles. The van der Waals surface area contributed by atoms with E-state index in [2.05, 4.69) is 132 Å². The molecule has 2 bridgehead atoms. The van der Waals surface area contributed by atoms with E-state index in [1.165, 1.54) is 36.8 Å². The monoisotopic (exact) mass is 1320 g/mol. The molecule has 96 heavy (non-hydrogen) atoms. The number of carbonyl (C=O) groups excluding carboxylic acids is 1. The first kappa shape index (κ1) is 74.2. The van der Waals surface area contributed by atoms with E-state index in [0.29, 0.717) is 42.9 Å². The van der Waals surface area contributed by atoms with Gasteiger partial charge in [0.25, 0.3) is 0 Å². The topological polar surface area (TPSA) is 142 Å². The van der Waals surface area contributed by atoms with E-state index in [1.54, 1.807) is 46.5 Å². The van der Waals surface area contributed by atoms with Gasteiger partial charge in [0.15, 0.2) is 34.9 Å². The van der Waals surface area contributed by atoms with Crippen molar-refractivity contribution in [2.75, 3.05) is 86.4 Å². The smallest absolute Gasteiger partial charge is 0.179 e. The zero-order valence-corrected chi connectivity index (χ0v) is 58.8. The summed E-state index contributed by atoms with van der Waals surface area (Å²) in [6, 6.07) is 69.5. The van der Waals surface area contributed by atoms with Crippen molar-refractivity contribution in [1.29, 1.82) is 0 Å². The van der Waals surface area contributed by atoms with Crippen LogP contribution in [0.15, 0.2) is 206 Å². The number of ether oxygens (including phenoxy) is 7. The average Bonchev–Trinajstić information content (AvgIpc) is 0.708. The average molecular weight is 1320 g/mol. The van der Waals surface area contributed by atoms with Gasteiger partial charge in [0.2, 0.25) is 0 Å². The van der Waals surface area contributed by atoms with Gasteiger partial charge in [0, 0.05) is 60.1 Å². The Morgan fingerprint density at radius 3 is 1.72 bits per heavy atom. The Bertz CT molecular complexity index is 3490. The van der Waals surface area contributed by atoms with E-state index in [4.69, 9.17) is 44.8 Å². The van der Waals surface area contributed by atoms with Crippen LogP contribution in [-0.4, -0.2) is 116 Å². The second-order valence-electron chi connectivity index (χ2n) is 25.6. The Balaban J connectivity index is 0.000000155. The van der Waals surface area contributed by atoms with Crippen LogP contribution in [0.1, 0.15) is 141 Å². The number of fused-ring (bicyclic) bond motifs is 1. The zero-order chi connectivity index (χ0) is 68.0. The Morgan fingerprint density at radius 2 is 1.16 bits per heavy atom. The van der Waals surface area contributed by atoms with E-state index in [0.717, 1.165) is 86.6 Å². The van der Waals surface area contributed by atoms with E-state index >= 15 is 0 Å². The van der Waals surface area contributed by atoms with Gasteiger partial charge in [-0.05, 0) is 183 Å². The first-order valence-corrected chi connectivity index (χ1v) is 34.9. The van der Waals surface area contributed by atoms with Gasteiger partial charge in [0.1, 0.15) is 30.7 Å². The molecule has 2 aliphatic heterocycles. The van der Waals surface area contributed by atoms with Crippen molar-refractivity contribution in [3.63, 3.8) is 0 Å². The minimum absolute atomic E-state index is 0.0270. The first-order valence-electron chi connectivity index (χ1n) is 34.5. The fraction of sp³-hybridized carbons (Fsp3) is 0.402. The highest BCUT2D eigenvalue weighted by atomic mass is 35.5. The summed E-state index contributed by atoms with van der Waals surface area (Å²) in [5.74, 6) is 4.74. The lowest BCUT2D eigenvalue weighted by Gasteiger charge is -2.50. The molecule has 14 heteroatoms. The molecule has 8 aromatic carbocycles. The van der Waals surface area contributed by atoms with E-state index < -0.39 is 0 Å². The molecular formula is C82H104ClN5O8. The summed E-state index contributed by atoms with van der Waals surface area (Å²) in [6.45, 7) is 22.7. The Labute approximate surface area is 577 Å². The number of ketones is 1. The number of aryl methyl sites for hydroxylation is 1. The molecule has 5 atom stereocenters. The third-order valence-electron chi connectivity index (χ3n) is 17.3. The predicted octanol–water partition coefficient (Wildman–Crippen LogP) is 15.9. The number of hydrogen-bond acceptors (Lipinski definition) is 13. The molecule has 2 fully saturated rings. The highest BCUT2D eigenvalue weighted by Crippen LogP contribution is 2.58. The summed E-state index contributed by atoms with van der Waals surface area (Å²) in [6.07, 6.45) is 6.09. The molecule has 8 aromatic rings. The number of para-hydroxylation sites is 5. The molecule has 0 amide bonds.